The molecule has 0 saturated carbocycles. The van der Waals surface area contributed by atoms with E-state index in [0.29, 0.717) is 22.3 Å². The van der Waals surface area contributed by atoms with E-state index in [-0.39, 0.29) is 18.6 Å². The Kier molecular flexibility index (Phi) is 5.65. The standard InChI is InChI=1S/C14H17ClN2O2/c1-9(2)10(3)17-14(18)8-19-13-5-4-11(7-16)6-12(13)15/h4-6,9-10H,8H2,1-3H3,(H,17,18)/t10-/m0/s1. The molecule has 1 rings (SSSR count). The molecule has 0 heterocycles. The summed E-state index contributed by atoms with van der Waals surface area (Å²) in [5, 5.41) is 11.9. The van der Waals surface area contributed by atoms with Gasteiger partial charge in [0.05, 0.1) is 16.7 Å². The van der Waals surface area contributed by atoms with Gasteiger partial charge in [0.1, 0.15) is 5.75 Å². The first-order chi connectivity index (χ1) is 8.93. The van der Waals surface area contributed by atoms with Gasteiger partial charge in [-0.25, -0.2) is 0 Å². The minimum absolute atomic E-state index is 0.0903. The van der Waals surface area contributed by atoms with Gasteiger partial charge in [0.2, 0.25) is 0 Å². The second-order valence-electron chi connectivity index (χ2n) is 4.65. The van der Waals surface area contributed by atoms with Crippen LogP contribution in [-0.4, -0.2) is 18.6 Å². The largest absolute Gasteiger partial charge is 0.482 e. The number of nitrogens with zero attached hydrogens (tertiary/aromatic N) is 1. The summed E-state index contributed by atoms with van der Waals surface area (Å²) in [6, 6.07) is 6.75. The molecule has 0 fully saturated rings. The van der Waals surface area contributed by atoms with E-state index in [1.807, 2.05) is 26.8 Å². The molecule has 0 bridgehead atoms. The molecule has 0 radical (unpaired) electrons. The van der Waals surface area contributed by atoms with Gasteiger partial charge in [0.15, 0.2) is 6.61 Å². The van der Waals surface area contributed by atoms with E-state index in [1.54, 1.807) is 12.1 Å². The van der Waals surface area contributed by atoms with E-state index < -0.39 is 0 Å². The number of carbonyl (C=O) groups is 1. The number of ether oxygens (including phenoxy) is 1. The van der Waals surface area contributed by atoms with Crippen LogP contribution in [0.15, 0.2) is 18.2 Å². The van der Waals surface area contributed by atoms with Crippen molar-refractivity contribution in [2.45, 2.75) is 26.8 Å². The molecule has 0 saturated heterocycles. The molecule has 1 N–H and O–H groups in total. The van der Waals surface area contributed by atoms with E-state index in [9.17, 15) is 4.79 Å². The fourth-order valence-corrected chi connectivity index (χ4v) is 1.53. The van der Waals surface area contributed by atoms with Crippen LogP contribution < -0.4 is 10.1 Å². The lowest BCUT2D eigenvalue weighted by Crippen LogP contribution is -2.38. The van der Waals surface area contributed by atoms with Gasteiger partial charge < -0.3 is 10.1 Å². The van der Waals surface area contributed by atoms with Crippen molar-refractivity contribution in [1.82, 2.24) is 5.32 Å². The van der Waals surface area contributed by atoms with Crippen molar-refractivity contribution in [2.75, 3.05) is 6.61 Å². The van der Waals surface area contributed by atoms with E-state index in [4.69, 9.17) is 21.6 Å². The van der Waals surface area contributed by atoms with Gasteiger partial charge in [-0.2, -0.15) is 5.26 Å². The Hall–Kier alpha value is -1.73. The van der Waals surface area contributed by atoms with E-state index in [2.05, 4.69) is 5.32 Å². The van der Waals surface area contributed by atoms with Crippen LogP contribution in [0.3, 0.4) is 0 Å². The molecule has 5 heteroatoms. The number of amides is 1. The summed E-state index contributed by atoms with van der Waals surface area (Å²) in [6.07, 6.45) is 0. The zero-order valence-corrected chi connectivity index (χ0v) is 12.0. The lowest BCUT2D eigenvalue weighted by atomic mass is 10.1. The van der Waals surface area contributed by atoms with Crippen molar-refractivity contribution in [1.29, 1.82) is 5.26 Å². The van der Waals surface area contributed by atoms with E-state index in [1.165, 1.54) is 6.07 Å². The van der Waals surface area contributed by atoms with Gasteiger partial charge in [-0.05, 0) is 31.0 Å². The van der Waals surface area contributed by atoms with Gasteiger partial charge in [-0.1, -0.05) is 25.4 Å². The lowest BCUT2D eigenvalue weighted by Gasteiger charge is -2.17. The predicted octanol–water partition coefficient (Wildman–Crippen LogP) is 2.75. The summed E-state index contributed by atoms with van der Waals surface area (Å²) in [7, 11) is 0. The third-order valence-corrected chi connectivity index (χ3v) is 3.10. The third-order valence-electron chi connectivity index (χ3n) is 2.81. The second-order valence-corrected chi connectivity index (χ2v) is 5.05. The van der Waals surface area contributed by atoms with Crippen molar-refractivity contribution in [2.24, 2.45) is 5.92 Å². The Balaban J connectivity index is 2.53. The van der Waals surface area contributed by atoms with Crippen molar-refractivity contribution in [3.05, 3.63) is 28.8 Å². The molecule has 0 aliphatic carbocycles. The topological polar surface area (TPSA) is 62.1 Å². The highest BCUT2D eigenvalue weighted by molar-refractivity contribution is 6.32. The SMILES string of the molecule is CC(C)[C@H](C)NC(=O)COc1ccc(C#N)cc1Cl. The molecular formula is C14H17ClN2O2. The molecule has 1 aromatic carbocycles. The minimum Gasteiger partial charge on any atom is -0.482 e. The molecule has 0 spiro atoms. The molecule has 0 aromatic heterocycles. The molecule has 1 atom stereocenters. The third kappa shape index (κ3) is 4.80. The molecule has 0 unspecified atom stereocenters. The predicted molar refractivity (Wildman–Crippen MR) is 74.1 cm³/mol. The fourth-order valence-electron chi connectivity index (χ4n) is 1.29. The summed E-state index contributed by atoms with van der Waals surface area (Å²) in [4.78, 5) is 11.6. The summed E-state index contributed by atoms with van der Waals surface area (Å²) in [5.41, 5.74) is 0.454. The van der Waals surface area contributed by atoms with Crippen molar-refractivity contribution in [3.63, 3.8) is 0 Å². The van der Waals surface area contributed by atoms with Gasteiger partial charge in [-0.3, -0.25) is 4.79 Å². The molecule has 102 valence electrons. The number of halogens is 1. The van der Waals surface area contributed by atoms with Crippen LogP contribution in [0.2, 0.25) is 5.02 Å². The Morgan fingerprint density at radius 3 is 2.68 bits per heavy atom. The fraction of sp³-hybridized carbons (Fsp3) is 0.429. The molecule has 4 nitrogen and oxygen atoms in total. The normalized spacial score (nSPS) is 11.8. The molecule has 1 amide bonds. The highest BCUT2D eigenvalue weighted by Crippen LogP contribution is 2.25. The number of hydrogen-bond donors (Lipinski definition) is 1. The lowest BCUT2D eigenvalue weighted by molar-refractivity contribution is -0.123. The number of rotatable bonds is 5. The number of nitriles is 1. The van der Waals surface area contributed by atoms with Crippen LogP contribution in [0.5, 0.6) is 5.75 Å². The van der Waals surface area contributed by atoms with Gasteiger partial charge >= 0.3 is 0 Å². The van der Waals surface area contributed by atoms with Gasteiger partial charge in [0.25, 0.3) is 5.91 Å². The molecule has 0 aliphatic rings. The minimum atomic E-state index is -0.193. The second kappa shape index (κ2) is 7.01. The Bertz CT molecular complexity index is 495. The number of nitrogens with one attached hydrogen (secondary N) is 1. The molecular weight excluding hydrogens is 264 g/mol. The average Bonchev–Trinajstić information content (AvgIpc) is 2.36. The van der Waals surface area contributed by atoms with Crippen LogP contribution in [0.1, 0.15) is 26.3 Å². The van der Waals surface area contributed by atoms with Crippen LogP contribution in [0.4, 0.5) is 0 Å². The highest BCUT2D eigenvalue weighted by atomic mass is 35.5. The van der Waals surface area contributed by atoms with Gasteiger partial charge in [-0.15, -0.1) is 0 Å². The average molecular weight is 281 g/mol. The van der Waals surface area contributed by atoms with E-state index >= 15 is 0 Å². The number of benzene rings is 1. The highest BCUT2D eigenvalue weighted by Gasteiger charge is 2.12. The van der Waals surface area contributed by atoms with Crippen LogP contribution in [-0.2, 0) is 4.79 Å². The first-order valence-corrected chi connectivity index (χ1v) is 6.43. The first kappa shape index (κ1) is 15.3. The number of carbonyl (C=O) groups excluding carboxylic acids is 1. The van der Waals surface area contributed by atoms with Crippen molar-refractivity contribution < 1.29 is 9.53 Å². The quantitative estimate of drug-likeness (QED) is 0.902. The summed E-state index contributed by atoms with van der Waals surface area (Å²) in [6.45, 7) is 5.91. The maximum Gasteiger partial charge on any atom is 0.258 e. The Morgan fingerprint density at radius 1 is 1.47 bits per heavy atom. The van der Waals surface area contributed by atoms with Crippen LogP contribution in [0, 0.1) is 17.2 Å². The molecule has 1 aromatic rings. The molecule has 0 aliphatic heterocycles. The smallest absolute Gasteiger partial charge is 0.258 e. The van der Waals surface area contributed by atoms with Crippen molar-refractivity contribution >= 4 is 17.5 Å². The monoisotopic (exact) mass is 280 g/mol. The van der Waals surface area contributed by atoms with E-state index in [0.717, 1.165) is 0 Å². The van der Waals surface area contributed by atoms with Crippen molar-refractivity contribution in [3.8, 4) is 11.8 Å². The van der Waals surface area contributed by atoms with Gasteiger partial charge in [0, 0.05) is 6.04 Å². The van der Waals surface area contributed by atoms with Crippen LogP contribution >= 0.6 is 11.6 Å². The summed E-state index contributed by atoms with van der Waals surface area (Å²) >= 11 is 5.94. The molecule has 19 heavy (non-hydrogen) atoms. The maximum absolute atomic E-state index is 11.6. The summed E-state index contributed by atoms with van der Waals surface area (Å²) in [5.74, 6) is 0.567. The maximum atomic E-state index is 11.6. The number of hydrogen-bond acceptors (Lipinski definition) is 3. The zero-order valence-electron chi connectivity index (χ0n) is 11.2. The zero-order chi connectivity index (χ0) is 14.4. The Morgan fingerprint density at radius 2 is 2.16 bits per heavy atom. The van der Waals surface area contributed by atoms with Crippen LogP contribution in [0.25, 0.3) is 0 Å². The first-order valence-electron chi connectivity index (χ1n) is 6.06. The summed E-state index contributed by atoms with van der Waals surface area (Å²) < 4.78 is 5.33. The Labute approximate surface area is 118 Å².